The van der Waals surface area contributed by atoms with E-state index in [1.165, 1.54) is 17.7 Å². The summed E-state index contributed by atoms with van der Waals surface area (Å²) in [5, 5.41) is 23.2. The molecule has 0 radical (unpaired) electrons. The molecule has 0 saturated heterocycles. The molecule has 0 fully saturated rings. The maximum atomic E-state index is 10.6. The number of non-ortho nitro benzene ring substituents is 1. The van der Waals surface area contributed by atoms with Crippen LogP contribution in [0.5, 0.6) is 0 Å². The first-order chi connectivity index (χ1) is 10.2. The van der Waals surface area contributed by atoms with Gasteiger partial charge in [-0.3, -0.25) is 10.1 Å². The number of nitrogens with zero attached hydrogens (tertiary/aromatic N) is 2. The Morgan fingerprint density at radius 3 is 2.05 bits per heavy atom. The number of benzene rings is 2. The van der Waals surface area contributed by atoms with Gasteiger partial charge in [0.15, 0.2) is 0 Å². The zero-order chi connectivity index (χ0) is 15.2. The number of aryl methyl sites for hydroxylation is 1. The summed E-state index contributed by atoms with van der Waals surface area (Å²) in [6.07, 6.45) is 2.08. The molecule has 0 amide bonds. The summed E-state index contributed by atoms with van der Waals surface area (Å²) < 4.78 is 0. The van der Waals surface area contributed by atoms with Crippen molar-refractivity contribution in [3.05, 3.63) is 75.3 Å². The van der Waals surface area contributed by atoms with Gasteiger partial charge in [0.1, 0.15) is 5.71 Å². The third kappa shape index (κ3) is 3.45. The minimum atomic E-state index is -0.459. The van der Waals surface area contributed by atoms with E-state index in [2.05, 4.69) is 12.1 Å². The van der Waals surface area contributed by atoms with E-state index >= 15 is 0 Å². The summed E-state index contributed by atoms with van der Waals surface area (Å²) in [6, 6.07) is 13.7. The molecular formula is C16H16N2O3. The number of hydrogen-bond acceptors (Lipinski definition) is 4. The fourth-order valence-corrected chi connectivity index (χ4v) is 2.14. The molecule has 0 aromatic heterocycles. The maximum Gasteiger partial charge on any atom is 0.269 e. The van der Waals surface area contributed by atoms with Gasteiger partial charge in [-0.2, -0.15) is 0 Å². The molecule has 0 bridgehead atoms. The van der Waals surface area contributed by atoms with Gasteiger partial charge in [-0.15, -0.1) is 0 Å². The van der Waals surface area contributed by atoms with Gasteiger partial charge in [-0.25, -0.2) is 0 Å². The molecule has 2 rings (SSSR count). The smallest absolute Gasteiger partial charge is 0.269 e. The van der Waals surface area contributed by atoms with Crippen LogP contribution in [-0.2, 0) is 6.42 Å². The lowest BCUT2D eigenvalue weighted by Crippen LogP contribution is -2.03. The van der Waals surface area contributed by atoms with Gasteiger partial charge in [-0.05, 0) is 24.1 Å². The van der Waals surface area contributed by atoms with Crippen molar-refractivity contribution in [1.82, 2.24) is 0 Å². The highest BCUT2D eigenvalue weighted by Crippen LogP contribution is 2.17. The van der Waals surface area contributed by atoms with Crippen molar-refractivity contribution in [2.45, 2.75) is 19.8 Å². The van der Waals surface area contributed by atoms with Gasteiger partial charge < -0.3 is 5.21 Å². The third-order valence-corrected chi connectivity index (χ3v) is 3.22. The van der Waals surface area contributed by atoms with Crippen molar-refractivity contribution >= 4 is 11.4 Å². The van der Waals surface area contributed by atoms with E-state index in [4.69, 9.17) is 0 Å². The zero-order valence-corrected chi connectivity index (χ0v) is 11.7. The van der Waals surface area contributed by atoms with Crippen molar-refractivity contribution < 1.29 is 10.1 Å². The predicted molar refractivity (Wildman–Crippen MR) is 81.0 cm³/mol. The normalized spacial score (nSPS) is 11.4. The fraction of sp³-hybridized carbons (Fsp3) is 0.188. The Morgan fingerprint density at radius 2 is 1.62 bits per heavy atom. The molecule has 1 N–H and O–H groups in total. The lowest BCUT2D eigenvalue weighted by atomic mass is 10.00. The molecule has 0 heterocycles. The van der Waals surface area contributed by atoms with E-state index < -0.39 is 4.92 Å². The van der Waals surface area contributed by atoms with Crippen LogP contribution in [0.4, 0.5) is 5.69 Å². The molecular weight excluding hydrogens is 268 g/mol. The van der Waals surface area contributed by atoms with Gasteiger partial charge in [0.2, 0.25) is 0 Å². The molecule has 2 aromatic carbocycles. The number of rotatable bonds is 5. The van der Waals surface area contributed by atoms with E-state index in [9.17, 15) is 15.3 Å². The largest absolute Gasteiger partial charge is 0.410 e. The van der Waals surface area contributed by atoms with Gasteiger partial charge in [0.05, 0.1) is 4.92 Å². The second-order valence-electron chi connectivity index (χ2n) is 4.70. The molecule has 0 spiro atoms. The molecule has 0 aliphatic rings. The molecule has 0 aliphatic heterocycles. The number of nitro benzene ring substituents is 1. The lowest BCUT2D eigenvalue weighted by Gasteiger charge is -2.06. The fourth-order valence-electron chi connectivity index (χ4n) is 2.14. The lowest BCUT2D eigenvalue weighted by molar-refractivity contribution is -0.384. The van der Waals surface area contributed by atoms with E-state index in [-0.39, 0.29) is 5.69 Å². The van der Waals surface area contributed by atoms with E-state index in [0.717, 1.165) is 18.4 Å². The first-order valence-electron chi connectivity index (χ1n) is 6.72. The highest BCUT2D eigenvalue weighted by atomic mass is 16.6. The summed E-state index contributed by atoms with van der Waals surface area (Å²) in [6.45, 7) is 2.12. The molecule has 5 heteroatoms. The highest BCUT2D eigenvalue weighted by Gasteiger charge is 2.10. The Balaban J connectivity index is 2.29. The zero-order valence-electron chi connectivity index (χ0n) is 11.7. The average Bonchev–Trinajstić information content (AvgIpc) is 2.50. The van der Waals surface area contributed by atoms with Crippen LogP contribution in [0, 0.1) is 10.1 Å². The Kier molecular flexibility index (Phi) is 4.66. The van der Waals surface area contributed by atoms with Crippen molar-refractivity contribution in [3.63, 3.8) is 0 Å². The van der Waals surface area contributed by atoms with Crippen molar-refractivity contribution in [3.8, 4) is 0 Å². The van der Waals surface area contributed by atoms with E-state index in [0.29, 0.717) is 11.3 Å². The van der Waals surface area contributed by atoms with Crippen LogP contribution >= 0.6 is 0 Å². The molecule has 0 aliphatic carbocycles. The summed E-state index contributed by atoms with van der Waals surface area (Å²) >= 11 is 0. The van der Waals surface area contributed by atoms with Crippen LogP contribution < -0.4 is 0 Å². The summed E-state index contributed by atoms with van der Waals surface area (Å²) in [4.78, 5) is 10.2. The van der Waals surface area contributed by atoms with Crippen molar-refractivity contribution in [2.75, 3.05) is 0 Å². The molecule has 108 valence electrons. The number of nitro groups is 1. The molecule has 5 nitrogen and oxygen atoms in total. The van der Waals surface area contributed by atoms with Crippen LogP contribution in [0.2, 0.25) is 0 Å². The molecule has 0 unspecified atom stereocenters. The molecule has 0 atom stereocenters. The summed E-state index contributed by atoms with van der Waals surface area (Å²) in [5.74, 6) is 0. The number of oxime groups is 1. The SMILES string of the molecule is CCCc1ccc(/C(=N\O)c2ccc([N+](=O)[O-])cc2)cc1. The minimum absolute atomic E-state index is 0.00864. The Morgan fingerprint density at radius 1 is 1.10 bits per heavy atom. The molecule has 21 heavy (non-hydrogen) atoms. The Hall–Kier alpha value is -2.69. The van der Waals surface area contributed by atoms with Gasteiger partial charge in [-0.1, -0.05) is 42.8 Å². The van der Waals surface area contributed by atoms with Gasteiger partial charge in [0.25, 0.3) is 5.69 Å². The first kappa shape index (κ1) is 14.7. The average molecular weight is 284 g/mol. The molecule has 0 saturated carbocycles. The quantitative estimate of drug-likeness (QED) is 0.393. The topological polar surface area (TPSA) is 75.7 Å². The van der Waals surface area contributed by atoms with Crippen LogP contribution in [0.3, 0.4) is 0 Å². The van der Waals surface area contributed by atoms with E-state index in [1.807, 2.05) is 24.3 Å². The van der Waals surface area contributed by atoms with Crippen LogP contribution in [0.1, 0.15) is 30.0 Å². The standard InChI is InChI=1S/C16H16N2O3/c1-2-3-12-4-6-13(7-5-12)16(17-19)14-8-10-15(11-9-14)18(20)21/h4-11,19H,2-3H2,1H3/b17-16+. The number of hydrogen-bond donors (Lipinski definition) is 1. The highest BCUT2D eigenvalue weighted by molar-refractivity contribution is 6.12. The second-order valence-corrected chi connectivity index (χ2v) is 4.70. The van der Waals surface area contributed by atoms with Crippen LogP contribution in [0.15, 0.2) is 53.7 Å². The van der Waals surface area contributed by atoms with Crippen molar-refractivity contribution in [2.24, 2.45) is 5.16 Å². The summed E-state index contributed by atoms with van der Waals surface area (Å²) in [5.41, 5.74) is 3.03. The maximum absolute atomic E-state index is 10.6. The minimum Gasteiger partial charge on any atom is -0.410 e. The predicted octanol–water partition coefficient (Wildman–Crippen LogP) is 3.77. The first-order valence-corrected chi connectivity index (χ1v) is 6.72. The summed E-state index contributed by atoms with van der Waals surface area (Å²) in [7, 11) is 0. The second kappa shape index (κ2) is 6.65. The van der Waals surface area contributed by atoms with Crippen LogP contribution in [0.25, 0.3) is 0 Å². The van der Waals surface area contributed by atoms with Crippen LogP contribution in [-0.4, -0.2) is 15.8 Å². The monoisotopic (exact) mass is 284 g/mol. The van der Waals surface area contributed by atoms with Gasteiger partial charge >= 0.3 is 0 Å². The van der Waals surface area contributed by atoms with E-state index in [1.54, 1.807) is 12.1 Å². The van der Waals surface area contributed by atoms with Gasteiger partial charge in [0, 0.05) is 23.3 Å². The van der Waals surface area contributed by atoms with Crippen molar-refractivity contribution in [1.29, 1.82) is 0 Å². The Labute approximate surface area is 122 Å². The molecule has 2 aromatic rings. The third-order valence-electron chi connectivity index (χ3n) is 3.22. The Bertz CT molecular complexity index is 646.